The van der Waals surface area contributed by atoms with Gasteiger partial charge in [0.25, 0.3) is 0 Å². The predicted octanol–water partition coefficient (Wildman–Crippen LogP) is 5.55. The molecule has 8 heteroatoms. The van der Waals surface area contributed by atoms with Crippen LogP contribution in [0.2, 0.25) is 5.02 Å². The molecule has 0 saturated carbocycles. The van der Waals surface area contributed by atoms with Gasteiger partial charge in [-0.1, -0.05) is 17.7 Å². The molecule has 2 aromatic heterocycles. The number of nitrogens with one attached hydrogen (secondary N) is 2. The number of hydrogen-bond acceptors (Lipinski definition) is 3. The minimum absolute atomic E-state index is 0.322. The first-order valence-electron chi connectivity index (χ1n) is 9.31. The number of pyridine rings is 1. The second-order valence-corrected chi connectivity index (χ2v) is 7.28. The maximum absolute atomic E-state index is 13.0. The van der Waals surface area contributed by atoms with E-state index in [9.17, 15) is 9.18 Å². The molecule has 0 aliphatic heterocycles. The number of nitrogens with zero attached hydrogens (tertiary/aromatic N) is 3. The van der Waals surface area contributed by atoms with Gasteiger partial charge in [0, 0.05) is 35.2 Å². The van der Waals surface area contributed by atoms with Gasteiger partial charge in [0.2, 0.25) is 0 Å². The summed E-state index contributed by atoms with van der Waals surface area (Å²) in [5, 5.41) is 5.91. The van der Waals surface area contributed by atoms with Crippen LogP contribution in [-0.2, 0) is 13.2 Å². The number of urea groups is 1. The molecule has 0 atom stereocenters. The summed E-state index contributed by atoms with van der Waals surface area (Å²) in [5.74, 6) is 0. The quantitative estimate of drug-likeness (QED) is 0.441. The summed E-state index contributed by atoms with van der Waals surface area (Å²) in [4.78, 5) is 21.1. The van der Waals surface area contributed by atoms with Crippen LogP contribution in [-0.4, -0.2) is 20.6 Å². The molecule has 0 spiro atoms. The van der Waals surface area contributed by atoms with Gasteiger partial charge in [0.05, 0.1) is 17.5 Å². The van der Waals surface area contributed by atoms with E-state index in [1.165, 1.54) is 6.07 Å². The van der Waals surface area contributed by atoms with E-state index in [1.54, 1.807) is 30.9 Å². The molecule has 0 fully saturated rings. The van der Waals surface area contributed by atoms with Crippen molar-refractivity contribution in [3.8, 4) is 0 Å². The maximum Gasteiger partial charge on any atom is 0.323 e. The number of fused-ring (bicyclic) bond motifs is 1. The number of carbonyl (C=O) groups excluding carboxylic acids is 1. The van der Waals surface area contributed by atoms with Gasteiger partial charge >= 0.3 is 6.03 Å². The van der Waals surface area contributed by atoms with Crippen LogP contribution in [0.1, 0.15) is 16.7 Å². The number of carbonyl (C=O) groups is 1. The SMILES string of the molecule is Cc1ccc2c(ncn2Cc2ccncc2)c1NC(=O)Nc1ccc(Cl)c(CF)c1. The summed E-state index contributed by atoms with van der Waals surface area (Å²) >= 11 is 5.93. The molecule has 2 N–H and O–H groups in total. The van der Waals surface area contributed by atoms with Gasteiger partial charge in [-0.3, -0.25) is 4.98 Å². The molecule has 4 rings (SSSR count). The van der Waals surface area contributed by atoms with Crippen LogP contribution < -0.4 is 10.6 Å². The number of halogens is 2. The van der Waals surface area contributed by atoms with Crippen LogP contribution >= 0.6 is 11.6 Å². The van der Waals surface area contributed by atoms with Crippen molar-refractivity contribution < 1.29 is 9.18 Å². The molecule has 2 amide bonds. The number of benzene rings is 2. The number of aryl methyl sites for hydroxylation is 1. The zero-order valence-corrected chi connectivity index (χ0v) is 16.9. The third-order valence-electron chi connectivity index (χ3n) is 4.79. The Morgan fingerprint density at radius 2 is 1.93 bits per heavy atom. The third-order valence-corrected chi connectivity index (χ3v) is 5.16. The van der Waals surface area contributed by atoms with E-state index in [0.717, 1.165) is 16.6 Å². The highest BCUT2D eigenvalue weighted by Crippen LogP contribution is 2.27. The number of rotatable bonds is 5. The summed E-state index contributed by atoms with van der Waals surface area (Å²) in [5.41, 5.74) is 4.98. The van der Waals surface area contributed by atoms with E-state index in [-0.39, 0.29) is 0 Å². The van der Waals surface area contributed by atoms with Crippen molar-refractivity contribution in [2.75, 3.05) is 10.6 Å². The highest BCUT2D eigenvalue weighted by molar-refractivity contribution is 6.31. The monoisotopic (exact) mass is 423 g/mol. The van der Waals surface area contributed by atoms with Crippen molar-refractivity contribution in [2.45, 2.75) is 20.1 Å². The number of anilines is 2. The molecular weight excluding hydrogens is 405 g/mol. The van der Waals surface area contributed by atoms with Gasteiger partial charge in [-0.2, -0.15) is 0 Å². The normalized spacial score (nSPS) is 10.9. The fourth-order valence-electron chi connectivity index (χ4n) is 3.23. The van der Waals surface area contributed by atoms with Crippen molar-refractivity contribution in [2.24, 2.45) is 0 Å². The Labute approximate surface area is 177 Å². The maximum atomic E-state index is 13.0. The van der Waals surface area contributed by atoms with Crippen molar-refractivity contribution >= 4 is 40.0 Å². The fraction of sp³-hybridized carbons (Fsp3) is 0.136. The first-order valence-corrected chi connectivity index (χ1v) is 9.68. The van der Waals surface area contributed by atoms with E-state index in [2.05, 4.69) is 20.6 Å². The Balaban J connectivity index is 1.58. The Morgan fingerprint density at radius 1 is 1.13 bits per heavy atom. The largest absolute Gasteiger partial charge is 0.326 e. The molecule has 2 heterocycles. The predicted molar refractivity (Wildman–Crippen MR) is 117 cm³/mol. The van der Waals surface area contributed by atoms with Crippen LogP contribution in [0.4, 0.5) is 20.6 Å². The molecule has 0 saturated heterocycles. The van der Waals surface area contributed by atoms with Crippen LogP contribution in [0.25, 0.3) is 11.0 Å². The topological polar surface area (TPSA) is 71.8 Å². The van der Waals surface area contributed by atoms with Crippen molar-refractivity contribution in [1.29, 1.82) is 0 Å². The zero-order chi connectivity index (χ0) is 21.1. The number of imidazole rings is 1. The molecule has 30 heavy (non-hydrogen) atoms. The second-order valence-electron chi connectivity index (χ2n) is 6.87. The lowest BCUT2D eigenvalue weighted by Gasteiger charge is -2.12. The summed E-state index contributed by atoms with van der Waals surface area (Å²) < 4.78 is 15.0. The van der Waals surface area contributed by atoms with Crippen molar-refractivity contribution in [1.82, 2.24) is 14.5 Å². The minimum atomic E-state index is -0.705. The van der Waals surface area contributed by atoms with Gasteiger partial charge in [0.15, 0.2) is 0 Å². The van der Waals surface area contributed by atoms with Gasteiger partial charge < -0.3 is 15.2 Å². The summed E-state index contributed by atoms with van der Waals surface area (Å²) in [6.07, 6.45) is 5.25. The molecule has 0 unspecified atom stereocenters. The average molecular weight is 424 g/mol. The lowest BCUT2D eigenvalue weighted by molar-refractivity contribution is 0.262. The van der Waals surface area contributed by atoms with E-state index in [1.807, 2.05) is 35.8 Å². The van der Waals surface area contributed by atoms with Crippen LogP contribution in [0.15, 0.2) is 61.2 Å². The molecular formula is C22H19ClFN5O. The lowest BCUT2D eigenvalue weighted by atomic mass is 10.1. The van der Waals surface area contributed by atoms with Crippen LogP contribution in [0, 0.1) is 6.92 Å². The Bertz CT molecular complexity index is 1210. The Morgan fingerprint density at radius 3 is 2.70 bits per heavy atom. The van der Waals surface area contributed by atoms with Crippen LogP contribution in [0.3, 0.4) is 0 Å². The molecule has 0 radical (unpaired) electrons. The Hall–Kier alpha value is -3.45. The van der Waals surface area contributed by atoms with Crippen molar-refractivity contribution in [3.63, 3.8) is 0 Å². The molecule has 4 aromatic rings. The number of aromatic nitrogens is 3. The lowest BCUT2D eigenvalue weighted by Crippen LogP contribution is -2.20. The van der Waals surface area contributed by atoms with E-state index < -0.39 is 12.7 Å². The van der Waals surface area contributed by atoms with Crippen molar-refractivity contribution in [3.05, 3.63) is 82.9 Å². The fourth-order valence-corrected chi connectivity index (χ4v) is 3.40. The first-order chi connectivity index (χ1) is 14.5. The second kappa shape index (κ2) is 8.51. The number of hydrogen-bond donors (Lipinski definition) is 2. The smallest absolute Gasteiger partial charge is 0.323 e. The van der Waals surface area contributed by atoms with E-state index in [0.29, 0.717) is 34.0 Å². The average Bonchev–Trinajstić information content (AvgIpc) is 3.15. The summed E-state index contributed by atoms with van der Waals surface area (Å²) in [6, 6.07) is 12.1. The van der Waals surface area contributed by atoms with Crippen LogP contribution in [0.5, 0.6) is 0 Å². The van der Waals surface area contributed by atoms with E-state index >= 15 is 0 Å². The molecule has 152 valence electrons. The number of amides is 2. The molecule has 2 aromatic carbocycles. The van der Waals surface area contributed by atoms with Gasteiger partial charge in [-0.05, 0) is 54.4 Å². The standard InChI is InChI=1S/C22H19ClFN5O/c1-14-2-5-19-21(26-13-29(19)12-15-6-8-25-9-7-15)20(14)28-22(30)27-17-3-4-18(23)16(10-17)11-24/h2-10,13H,11-12H2,1H3,(H2,27,28,30). The molecule has 0 bridgehead atoms. The van der Waals surface area contributed by atoms with Gasteiger partial charge in [-0.15, -0.1) is 0 Å². The van der Waals surface area contributed by atoms with E-state index in [4.69, 9.17) is 11.6 Å². The third kappa shape index (κ3) is 4.11. The molecule has 6 nitrogen and oxygen atoms in total. The summed E-state index contributed by atoms with van der Waals surface area (Å²) in [6.45, 7) is 1.84. The molecule has 0 aliphatic carbocycles. The highest BCUT2D eigenvalue weighted by Gasteiger charge is 2.14. The first kappa shape index (κ1) is 19.8. The zero-order valence-electron chi connectivity index (χ0n) is 16.2. The van der Waals surface area contributed by atoms with Gasteiger partial charge in [0.1, 0.15) is 12.2 Å². The number of alkyl halides is 1. The molecule has 0 aliphatic rings. The Kier molecular flexibility index (Phi) is 5.63. The van der Waals surface area contributed by atoms with Gasteiger partial charge in [-0.25, -0.2) is 14.2 Å². The minimum Gasteiger partial charge on any atom is -0.326 e. The highest BCUT2D eigenvalue weighted by atomic mass is 35.5. The summed E-state index contributed by atoms with van der Waals surface area (Å²) in [7, 11) is 0.